The summed E-state index contributed by atoms with van der Waals surface area (Å²) in [5, 5.41) is 25.9. The van der Waals surface area contributed by atoms with Crippen molar-refractivity contribution in [2.24, 2.45) is 9.98 Å². The molecule has 0 bridgehead atoms. The molecule has 6 rings (SSSR count). The molecule has 2 aliphatic heterocycles. The average Bonchev–Trinajstić information content (AvgIpc) is 3.50. The Balaban J connectivity index is 0.00000221. The quantitative estimate of drug-likeness (QED) is 0.160. The summed E-state index contributed by atoms with van der Waals surface area (Å²) in [4.78, 5) is 7.84. The number of aliphatic imine (C=N–C) groups is 2. The zero-order valence-corrected chi connectivity index (χ0v) is 31.2. The third-order valence-electron chi connectivity index (χ3n) is 6.87. The summed E-state index contributed by atoms with van der Waals surface area (Å²) in [7, 11) is -8.61. The molecule has 0 saturated heterocycles. The van der Waals surface area contributed by atoms with Crippen molar-refractivity contribution < 1.29 is 139 Å². The third-order valence-corrected chi connectivity index (χ3v) is 8.60. The minimum Gasteiger partial charge on any atom is -0.858 e. The maximum Gasteiger partial charge on any atom is 1.00 e. The van der Waals surface area contributed by atoms with Crippen LogP contribution in [0.1, 0.15) is 11.1 Å². The zero-order chi connectivity index (χ0) is 29.8. The zero-order valence-electron chi connectivity index (χ0n) is 23.3. The second-order valence-electron chi connectivity index (χ2n) is 9.43. The summed E-state index contributed by atoms with van der Waals surface area (Å²) in [6.07, 6.45) is 0. The van der Waals surface area contributed by atoms with Crippen molar-refractivity contribution in [3.05, 3.63) is 131 Å². The molecule has 0 saturated carbocycles. The standard InChI is InChI=1S/C30H20N2O8S2.2K/c33-29-25-26(28(32-29)22-7-3-18(4-8-22)20-11-15-24(16-12-20)42(38,39)40)30(34)31-27(25)21-5-1-17(2-6-21)19-9-13-23(14-10-19)41(35,36)37;;/h1-16H,(H,31,34)(H,32,33)(H,35,36,37)(H,38,39,40);;/q;2*+1/p-2. The van der Waals surface area contributed by atoms with Crippen LogP contribution in [0.4, 0.5) is 0 Å². The molecule has 2 aliphatic rings. The van der Waals surface area contributed by atoms with E-state index in [-0.39, 0.29) is 135 Å². The van der Waals surface area contributed by atoms with Crippen LogP contribution in [0.3, 0.4) is 0 Å². The van der Waals surface area contributed by atoms with Gasteiger partial charge in [-0.15, -0.1) is 0 Å². The molecule has 14 heteroatoms. The minimum absolute atomic E-state index is 0. The average molecular weight is 677 g/mol. The SMILES string of the molecule is O=S(=O)(O)c1ccc(-c2ccc(C3=NC([O-])=C4C(c5ccc(-c6ccc(S(=O)(=O)O)cc6)cc5)=NC([O-])=C34)cc2)cc1.[K+].[K+]. The van der Waals surface area contributed by atoms with Crippen molar-refractivity contribution in [1.82, 2.24) is 0 Å². The number of allylic oxidation sites excluding steroid dienone is 2. The number of benzene rings is 4. The second kappa shape index (κ2) is 13.6. The van der Waals surface area contributed by atoms with Gasteiger partial charge in [0.1, 0.15) is 0 Å². The first-order valence-corrected chi connectivity index (χ1v) is 15.2. The Bertz CT molecular complexity index is 1950. The van der Waals surface area contributed by atoms with Crippen LogP contribution in [0, 0.1) is 0 Å². The summed E-state index contributed by atoms with van der Waals surface area (Å²) < 4.78 is 63.5. The maximum atomic E-state index is 13.0. The first-order valence-electron chi connectivity index (χ1n) is 12.3. The number of hydrogen-bond donors (Lipinski definition) is 2. The van der Waals surface area contributed by atoms with Crippen LogP contribution in [0.15, 0.2) is 140 Å². The van der Waals surface area contributed by atoms with Gasteiger partial charge in [-0.1, -0.05) is 72.8 Å². The summed E-state index contributed by atoms with van der Waals surface area (Å²) in [6.45, 7) is 0. The Kier molecular flexibility index (Phi) is 10.9. The number of hydrogen-bond acceptors (Lipinski definition) is 8. The van der Waals surface area contributed by atoms with Gasteiger partial charge >= 0.3 is 103 Å². The molecule has 10 nitrogen and oxygen atoms in total. The Morgan fingerprint density at radius 1 is 0.432 bits per heavy atom. The first-order chi connectivity index (χ1) is 19.9. The van der Waals surface area contributed by atoms with Gasteiger partial charge in [-0.2, -0.15) is 16.8 Å². The summed E-state index contributed by atoms with van der Waals surface area (Å²) in [6, 6.07) is 25.1. The van der Waals surface area contributed by atoms with E-state index in [1.807, 2.05) is 0 Å². The molecule has 0 atom stereocenters. The Hall–Kier alpha value is -1.61. The molecule has 4 aromatic carbocycles. The van der Waals surface area contributed by atoms with Gasteiger partial charge in [0.05, 0.1) is 21.2 Å². The first kappa shape index (κ1) is 35.3. The molecule has 2 heterocycles. The molecule has 0 aliphatic carbocycles. The van der Waals surface area contributed by atoms with Crippen LogP contribution in [-0.2, 0) is 20.2 Å². The van der Waals surface area contributed by atoms with Crippen molar-refractivity contribution in [2.75, 3.05) is 0 Å². The fraction of sp³-hybridized carbons (Fsp3) is 0. The van der Waals surface area contributed by atoms with E-state index in [4.69, 9.17) is 0 Å². The van der Waals surface area contributed by atoms with Gasteiger partial charge in [-0.05, 0) is 58.3 Å². The molecule has 0 radical (unpaired) electrons. The molecule has 0 unspecified atom stereocenters. The van der Waals surface area contributed by atoms with E-state index >= 15 is 0 Å². The summed E-state index contributed by atoms with van der Waals surface area (Å²) >= 11 is 0. The predicted octanol–water partition coefficient (Wildman–Crippen LogP) is -3.03. The fourth-order valence-electron chi connectivity index (χ4n) is 4.78. The third kappa shape index (κ3) is 7.03. The van der Waals surface area contributed by atoms with Crippen LogP contribution in [0.25, 0.3) is 22.3 Å². The van der Waals surface area contributed by atoms with Gasteiger partial charge in [0, 0.05) is 22.3 Å². The Morgan fingerprint density at radius 2 is 0.659 bits per heavy atom. The van der Waals surface area contributed by atoms with Crippen molar-refractivity contribution in [3.8, 4) is 22.3 Å². The van der Waals surface area contributed by atoms with Gasteiger partial charge in [0.25, 0.3) is 20.2 Å². The maximum absolute atomic E-state index is 13.0. The Labute approximate surface area is 338 Å². The van der Waals surface area contributed by atoms with Crippen LogP contribution in [-0.4, -0.2) is 37.4 Å². The number of rotatable bonds is 6. The fourth-order valence-corrected chi connectivity index (χ4v) is 5.74. The molecule has 210 valence electrons. The van der Waals surface area contributed by atoms with Gasteiger partial charge in [0.15, 0.2) is 0 Å². The van der Waals surface area contributed by atoms with E-state index in [2.05, 4.69) is 9.98 Å². The smallest absolute Gasteiger partial charge is 0.858 e. The van der Waals surface area contributed by atoms with E-state index in [0.29, 0.717) is 22.3 Å². The number of fused-ring (bicyclic) bond motifs is 1. The second-order valence-corrected chi connectivity index (χ2v) is 12.3. The van der Waals surface area contributed by atoms with Crippen LogP contribution in [0.2, 0.25) is 0 Å². The molecule has 0 amide bonds. The molecular weight excluding hydrogens is 659 g/mol. The molecule has 0 aromatic heterocycles. The van der Waals surface area contributed by atoms with E-state index in [1.54, 1.807) is 72.8 Å². The van der Waals surface area contributed by atoms with Gasteiger partial charge < -0.3 is 10.2 Å². The van der Waals surface area contributed by atoms with Gasteiger partial charge in [-0.3, -0.25) is 19.1 Å². The van der Waals surface area contributed by atoms with E-state index in [0.717, 1.165) is 11.1 Å². The minimum atomic E-state index is -4.31. The molecule has 44 heavy (non-hydrogen) atoms. The number of nitrogens with zero attached hydrogens (tertiary/aromatic N) is 2. The topological polar surface area (TPSA) is 180 Å². The van der Waals surface area contributed by atoms with Crippen molar-refractivity contribution >= 4 is 31.7 Å². The van der Waals surface area contributed by atoms with Crippen molar-refractivity contribution in [3.63, 3.8) is 0 Å². The van der Waals surface area contributed by atoms with Crippen molar-refractivity contribution in [1.29, 1.82) is 0 Å². The molecule has 0 fully saturated rings. The van der Waals surface area contributed by atoms with Gasteiger partial charge in [-0.25, -0.2) is 0 Å². The van der Waals surface area contributed by atoms with Crippen LogP contribution < -0.4 is 113 Å². The monoisotopic (exact) mass is 676 g/mol. The summed E-state index contributed by atoms with van der Waals surface area (Å²) in [5.41, 5.74) is 4.57. The summed E-state index contributed by atoms with van der Waals surface area (Å²) in [5.74, 6) is -1.17. The molecule has 4 aromatic rings. The molecular formula is C30H18K2N2O8S2. The van der Waals surface area contributed by atoms with Crippen molar-refractivity contribution in [2.45, 2.75) is 9.79 Å². The van der Waals surface area contributed by atoms with E-state index in [9.17, 15) is 36.2 Å². The van der Waals surface area contributed by atoms with E-state index < -0.39 is 32.0 Å². The van der Waals surface area contributed by atoms with Gasteiger partial charge in [0.2, 0.25) is 0 Å². The van der Waals surface area contributed by atoms with Crippen LogP contribution in [0.5, 0.6) is 0 Å². The normalized spacial score (nSPS) is 14.4. The van der Waals surface area contributed by atoms with Crippen LogP contribution >= 0.6 is 0 Å². The molecule has 0 spiro atoms. The Morgan fingerprint density at radius 3 is 0.909 bits per heavy atom. The largest absolute Gasteiger partial charge is 1.00 e. The molecule has 2 N–H and O–H groups in total. The van der Waals surface area contributed by atoms with E-state index in [1.165, 1.54) is 24.3 Å². The predicted molar refractivity (Wildman–Crippen MR) is 151 cm³/mol.